The van der Waals surface area contributed by atoms with E-state index >= 15 is 0 Å². The van der Waals surface area contributed by atoms with E-state index in [1.54, 1.807) is 6.07 Å². The van der Waals surface area contributed by atoms with Crippen molar-refractivity contribution in [3.63, 3.8) is 0 Å². The van der Waals surface area contributed by atoms with Crippen LogP contribution in [0.1, 0.15) is 5.56 Å². The first-order valence-electron chi connectivity index (χ1n) is 4.81. The Kier molecular flexibility index (Phi) is 3.06. The number of pyridine rings is 1. The van der Waals surface area contributed by atoms with Crippen LogP contribution in [0, 0.1) is 0 Å². The Morgan fingerprint density at radius 3 is 2.94 bits per heavy atom. The van der Waals surface area contributed by atoms with E-state index in [0.29, 0.717) is 5.15 Å². The summed E-state index contributed by atoms with van der Waals surface area (Å²) in [4.78, 5) is 15.4. The highest BCUT2D eigenvalue weighted by Gasteiger charge is 2.07. The zero-order valence-corrected chi connectivity index (χ0v) is 9.49. The molecule has 0 aliphatic heterocycles. The van der Waals surface area contributed by atoms with Gasteiger partial charge in [-0.1, -0.05) is 23.7 Å². The van der Waals surface area contributed by atoms with Crippen molar-refractivity contribution in [1.29, 1.82) is 0 Å². The van der Waals surface area contributed by atoms with Crippen LogP contribution in [0.3, 0.4) is 0 Å². The number of carbonyl (C=O) groups excluding carboxylic acids is 1. The maximum atomic E-state index is 11.2. The minimum Gasteiger partial charge on any atom is -0.469 e. The molecule has 1 aromatic heterocycles. The van der Waals surface area contributed by atoms with Gasteiger partial charge >= 0.3 is 5.97 Å². The molecule has 2 aromatic rings. The number of hydrogen-bond donors (Lipinski definition) is 0. The number of carbonyl (C=O) groups is 1. The third-order valence-electron chi connectivity index (χ3n) is 2.35. The second kappa shape index (κ2) is 4.49. The molecule has 0 aliphatic carbocycles. The SMILES string of the molecule is COC(=O)Cc1cccc2nc(Cl)ccc12. The second-order valence-electron chi connectivity index (χ2n) is 3.37. The predicted molar refractivity (Wildman–Crippen MR) is 62.5 cm³/mol. The van der Waals surface area contributed by atoms with Crippen LogP contribution in [0.25, 0.3) is 10.9 Å². The molecular formula is C12H10ClNO2. The molecule has 0 saturated heterocycles. The molecule has 16 heavy (non-hydrogen) atoms. The summed E-state index contributed by atoms with van der Waals surface area (Å²) >= 11 is 5.80. The molecule has 0 radical (unpaired) electrons. The fourth-order valence-electron chi connectivity index (χ4n) is 1.58. The summed E-state index contributed by atoms with van der Waals surface area (Å²) in [7, 11) is 1.38. The number of benzene rings is 1. The number of nitrogens with zero attached hydrogens (tertiary/aromatic N) is 1. The topological polar surface area (TPSA) is 39.2 Å². The normalized spacial score (nSPS) is 10.4. The molecule has 0 N–H and O–H groups in total. The highest BCUT2D eigenvalue weighted by atomic mass is 35.5. The number of hydrogen-bond acceptors (Lipinski definition) is 3. The minimum absolute atomic E-state index is 0.247. The van der Waals surface area contributed by atoms with E-state index in [0.717, 1.165) is 16.5 Å². The zero-order chi connectivity index (χ0) is 11.5. The summed E-state index contributed by atoms with van der Waals surface area (Å²) in [5.41, 5.74) is 1.68. The number of fused-ring (bicyclic) bond motifs is 1. The first kappa shape index (κ1) is 10.9. The van der Waals surface area contributed by atoms with Crippen molar-refractivity contribution in [1.82, 2.24) is 4.98 Å². The molecule has 0 fully saturated rings. The maximum Gasteiger partial charge on any atom is 0.310 e. The molecule has 4 heteroatoms. The quantitative estimate of drug-likeness (QED) is 0.593. The number of methoxy groups -OCH3 is 1. The summed E-state index contributed by atoms with van der Waals surface area (Å²) in [5.74, 6) is -0.262. The summed E-state index contributed by atoms with van der Waals surface area (Å²) in [6, 6.07) is 9.17. The zero-order valence-electron chi connectivity index (χ0n) is 8.74. The van der Waals surface area contributed by atoms with Crippen LogP contribution in [0.2, 0.25) is 5.15 Å². The van der Waals surface area contributed by atoms with E-state index in [1.165, 1.54) is 7.11 Å². The lowest BCUT2D eigenvalue weighted by Crippen LogP contribution is -2.04. The summed E-state index contributed by atoms with van der Waals surface area (Å²) in [6.45, 7) is 0. The molecule has 0 saturated carbocycles. The lowest BCUT2D eigenvalue weighted by atomic mass is 10.1. The maximum absolute atomic E-state index is 11.2. The molecule has 1 heterocycles. The van der Waals surface area contributed by atoms with Gasteiger partial charge in [-0.15, -0.1) is 0 Å². The number of halogens is 1. The van der Waals surface area contributed by atoms with Gasteiger partial charge in [0.05, 0.1) is 19.0 Å². The van der Waals surface area contributed by atoms with Crippen LogP contribution in [-0.2, 0) is 16.0 Å². The standard InChI is InChI=1S/C12H10ClNO2/c1-16-12(15)7-8-3-2-4-10-9(8)5-6-11(13)14-10/h2-6H,7H2,1H3. The molecule has 0 atom stereocenters. The van der Waals surface area contributed by atoms with Gasteiger partial charge in [-0.3, -0.25) is 4.79 Å². The van der Waals surface area contributed by atoms with Crippen LogP contribution in [0.15, 0.2) is 30.3 Å². The first-order chi connectivity index (χ1) is 7.70. The molecule has 1 aromatic carbocycles. The summed E-state index contributed by atoms with van der Waals surface area (Å²) in [5, 5.41) is 1.38. The van der Waals surface area contributed by atoms with E-state index < -0.39 is 0 Å². The highest BCUT2D eigenvalue weighted by Crippen LogP contribution is 2.20. The van der Waals surface area contributed by atoms with E-state index in [9.17, 15) is 4.79 Å². The van der Waals surface area contributed by atoms with E-state index in [1.807, 2.05) is 24.3 Å². The third-order valence-corrected chi connectivity index (χ3v) is 2.56. The number of aromatic nitrogens is 1. The Morgan fingerprint density at radius 1 is 1.38 bits per heavy atom. The molecule has 0 spiro atoms. The van der Waals surface area contributed by atoms with Crippen molar-refractivity contribution in [2.75, 3.05) is 7.11 Å². The van der Waals surface area contributed by atoms with E-state index in [4.69, 9.17) is 11.6 Å². The molecule has 82 valence electrons. The molecular weight excluding hydrogens is 226 g/mol. The Bertz CT molecular complexity index is 540. The van der Waals surface area contributed by atoms with Gasteiger partial charge in [0.2, 0.25) is 0 Å². The van der Waals surface area contributed by atoms with Crippen molar-refractivity contribution >= 4 is 28.5 Å². The average Bonchev–Trinajstić information content (AvgIpc) is 2.28. The predicted octanol–water partition coefficient (Wildman–Crippen LogP) is 2.60. The Labute approximate surface area is 98.0 Å². The van der Waals surface area contributed by atoms with E-state index in [-0.39, 0.29) is 12.4 Å². The molecule has 0 unspecified atom stereocenters. The number of esters is 1. The smallest absolute Gasteiger partial charge is 0.310 e. The van der Waals surface area contributed by atoms with Crippen molar-refractivity contribution in [2.24, 2.45) is 0 Å². The highest BCUT2D eigenvalue weighted by molar-refractivity contribution is 6.29. The molecule has 0 amide bonds. The van der Waals surface area contributed by atoms with Crippen LogP contribution in [-0.4, -0.2) is 18.1 Å². The first-order valence-corrected chi connectivity index (χ1v) is 5.19. The average molecular weight is 236 g/mol. The van der Waals surface area contributed by atoms with Gasteiger partial charge in [-0.25, -0.2) is 4.98 Å². The number of ether oxygens (including phenoxy) is 1. The van der Waals surface area contributed by atoms with Crippen LogP contribution >= 0.6 is 11.6 Å². The van der Waals surface area contributed by atoms with Gasteiger partial charge in [0.15, 0.2) is 0 Å². The summed E-state index contributed by atoms with van der Waals surface area (Å²) in [6.07, 6.45) is 0.247. The fourth-order valence-corrected chi connectivity index (χ4v) is 1.73. The summed E-state index contributed by atoms with van der Waals surface area (Å²) < 4.78 is 4.64. The van der Waals surface area contributed by atoms with Crippen molar-refractivity contribution in [2.45, 2.75) is 6.42 Å². The van der Waals surface area contributed by atoms with Crippen LogP contribution in [0.4, 0.5) is 0 Å². The Balaban J connectivity index is 2.49. The van der Waals surface area contributed by atoms with Crippen LogP contribution in [0.5, 0.6) is 0 Å². The largest absolute Gasteiger partial charge is 0.469 e. The molecule has 0 aliphatic rings. The van der Waals surface area contributed by atoms with Gasteiger partial charge in [0.25, 0.3) is 0 Å². The monoisotopic (exact) mass is 235 g/mol. The molecule has 0 bridgehead atoms. The molecule has 3 nitrogen and oxygen atoms in total. The van der Waals surface area contributed by atoms with Gasteiger partial charge in [0.1, 0.15) is 5.15 Å². The number of rotatable bonds is 2. The van der Waals surface area contributed by atoms with Crippen molar-refractivity contribution < 1.29 is 9.53 Å². The van der Waals surface area contributed by atoms with Crippen molar-refractivity contribution in [3.8, 4) is 0 Å². The van der Waals surface area contributed by atoms with Gasteiger partial charge in [-0.2, -0.15) is 0 Å². The lowest BCUT2D eigenvalue weighted by Gasteiger charge is -2.04. The van der Waals surface area contributed by atoms with Gasteiger partial charge < -0.3 is 4.74 Å². The second-order valence-corrected chi connectivity index (χ2v) is 3.76. The Morgan fingerprint density at radius 2 is 2.19 bits per heavy atom. The lowest BCUT2D eigenvalue weighted by molar-refractivity contribution is -0.139. The third kappa shape index (κ3) is 2.14. The fraction of sp³-hybridized carbons (Fsp3) is 0.167. The minimum atomic E-state index is -0.262. The van der Waals surface area contributed by atoms with Gasteiger partial charge in [-0.05, 0) is 23.8 Å². The molecule has 2 rings (SSSR count). The van der Waals surface area contributed by atoms with E-state index in [2.05, 4.69) is 9.72 Å². The van der Waals surface area contributed by atoms with Gasteiger partial charge in [0, 0.05) is 5.39 Å². The Hall–Kier alpha value is -1.61. The van der Waals surface area contributed by atoms with Crippen molar-refractivity contribution in [3.05, 3.63) is 41.0 Å². The van der Waals surface area contributed by atoms with Crippen LogP contribution < -0.4 is 0 Å².